The van der Waals surface area contributed by atoms with Crippen LogP contribution in [0.4, 0.5) is 0 Å². The van der Waals surface area contributed by atoms with Crippen LogP contribution in [0.15, 0.2) is 48.5 Å². The van der Waals surface area contributed by atoms with Gasteiger partial charge in [-0.1, -0.05) is 48.5 Å². The second kappa shape index (κ2) is 4.69. The lowest BCUT2D eigenvalue weighted by atomic mass is 9.99. The van der Waals surface area contributed by atoms with Crippen molar-refractivity contribution in [2.45, 2.75) is 13.8 Å². The van der Waals surface area contributed by atoms with Gasteiger partial charge in [-0.2, -0.15) is 15.4 Å². The zero-order chi connectivity index (χ0) is 13.2. The van der Waals surface area contributed by atoms with Gasteiger partial charge in [0.1, 0.15) is 11.4 Å². The van der Waals surface area contributed by atoms with E-state index >= 15 is 0 Å². The predicted molar refractivity (Wildman–Crippen MR) is 76.7 cm³/mol. The first kappa shape index (κ1) is 11.7. The second-order valence-corrected chi connectivity index (χ2v) is 4.65. The summed E-state index contributed by atoms with van der Waals surface area (Å²) in [5.74, 6) is 0. The van der Waals surface area contributed by atoms with E-state index in [1.54, 1.807) is 0 Å². The quantitative estimate of drug-likeness (QED) is 0.751. The molecule has 2 aromatic carbocycles. The fraction of sp³-hybridized carbons (Fsp3) is 0.125. The third-order valence-electron chi connectivity index (χ3n) is 3.35. The van der Waals surface area contributed by atoms with E-state index in [1.807, 2.05) is 24.3 Å². The van der Waals surface area contributed by atoms with E-state index in [0.29, 0.717) is 0 Å². The van der Waals surface area contributed by atoms with Gasteiger partial charge in [0.05, 0.1) is 0 Å². The highest BCUT2D eigenvalue weighted by Crippen LogP contribution is 2.31. The standard InChI is InChI=1S/C16H15N3/c1-11-7-3-5-9-13(11)15-16(18-19-17-15)14-10-6-4-8-12(14)2/h3-10H,1-2H3,(H,17,18,19). The van der Waals surface area contributed by atoms with Gasteiger partial charge in [0.15, 0.2) is 0 Å². The van der Waals surface area contributed by atoms with Crippen molar-refractivity contribution in [3.8, 4) is 22.5 Å². The molecule has 1 aromatic heterocycles. The molecule has 0 atom stereocenters. The number of nitrogens with one attached hydrogen (secondary N) is 1. The van der Waals surface area contributed by atoms with Gasteiger partial charge in [0, 0.05) is 11.1 Å². The molecule has 0 spiro atoms. The van der Waals surface area contributed by atoms with Gasteiger partial charge >= 0.3 is 0 Å². The monoisotopic (exact) mass is 249 g/mol. The highest BCUT2D eigenvalue weighted by Gasteiger charge is 2.14. The smallest absolute Gasteiger partial charge is 0.121 e. The number of aromatic amines is 1. The van der Waals surface area contributed by atoms with E-state index in [0.717, 1.165) is 22.5 Å². The normalized spacial score (nSPS) is 10.6. The number of aryl methyl sites for hydroxylation is 2. The summed E-state index contributed by atoms with van der Waals surface area (Å²) in [5.41, 5.74) is 6.46. The molecule has 0 amide bonds. The Hall–Kier alpha value is -2.42. The number of benzene rings is 2. The molecule has 3 rings (SSSR count). The second-order valence-electron chi connectivity index (χ2n) is 4.65. The fourth-order valence-corrected chi connectivity index (χ4v) is 2.28. The van der Waals surface area contributed by atoms with E-state index in [2.05, 4.69) is 53.5 Å². The molecule has 0 saturated carbocycles. The lowest BCUT2D eigenvalue weighted by Crippen LogP contribution is -1.89. The molecule has 0 fully saturated rings. The summed E-state index contributed by atoms with van der Waals surface area (Å²) < 4.78 is 0. The van der Waals surface area contributed by atoms with E-state index in [9.17, 15) is 0 Å². The first-order valence-electron chi connectivity index (χ1n) is 6.30. The Morgan fingerprint density at radius 1 is 0.684 bits per heavy atom. The molecule has 0 aliphatic rings. The summed E-state index contributed by atoms with van der Waals surface area (Å²) in [6, 6.07) is 16.5. The summed E-state index contributed by atoms with van der Waals surface area (Å²) in [7, 11) is 0. The van der Waals surface area contributed by atoms with E-state index in [1.165, 1.54) is 11.1 Å². The summed E-state index contributed by atoms with van der Waals surface area (Å²) in [5, 5.41) is 11.4. The Bertz CT molecular complexity index is 653. The van der Waals surface area contributed by atoms with Crippen LogP contribution >= 0.6 is 0 Å². The number of hydrogen-bond acceptors (Lipinski definition) is 2. The zero-order valence-electron chi connectivity index (χ0n) is 11.0. The molecule has 19 heavy (non-hydrogen) atoms. The van der Waals surface area contributed by atoms with Crippen molar-refractivity contribution in [3.63, 3.8) is 0 Å². The van der Waals surface area contributed by atoms with Gasteiger partial charge in [0.2, 0.25) is 0 Å². The predicted octanol–water partition coefficient (Wildman–Crippen LogP) is 3.76. The number of hydrogen-bond donors (Lipinski definition) is 1. The highest BCUT2D eigenvalue weighted by atomic mass is 15.3. The van der Waals surface area contributed by atoms with Crippen LogP contribution in [-0.2, 0) is 0 Å². The van der Waals surface area contributed by atoms with Crippen molar-refractivity contribution in [1.29, 1.82) is 0 Å². The Kier molecular flexibility index (Phi) is 2.88. The molecular formula is C16H15N3. The maximum absolute atomic E-state index is 4.33. The minimum Gasteiger partial charge on any atom is -0.197 e. The van der Waals surface area contributed by atoms with Crippen molar-refractivity contribution in [3.05, 3.63) is 59.7 Å². The Labute approximate surface area is 112 Å². The van der Waals surface area contributed by atoms with Gasteiger partial charge in [-0.3, -0.25) is 0 Å². The molecule has 3 nitrogen and oxygen atoms in total. The van der Waals surface area contributed by atoms with Crippen molar-refractivity contribution < 1.29 is 0 Å². The van der Waals surface area contributed by atoms with Crippen molar-refractivity contribution >= 4 is 0 Å². The molecule has 0 radical (unpaired) electrons. The third kappa shape index (κ3) is 2.03. The molecule has 1 N–H and O–H groups in total. The summed E-state index contributed by atoms with van der Waals surface area (Å²) in [6.45, 7) is 4.18. The van der Waals surface area contributed by atoms with Crippen molar-refractivity contribution in [1.82, 2.24) is 15.4 Å². The number of aromatic nitrogens is 3. The highest BCUT2D eigenvalue weighted by molar-refractivity contribution is 5.80. The van der Waals surface area contributed by atoms with Gasteiger partial charge in [0.25, 0.3) is 0 Å². The van der Waals surface area contributed by atoms with Crippen LogP contribution in [0, 0.1) is 13.8 Å². The minimum atomic E-state index is 0.910. The van der Waals surface area contributed by atoms with Crippen LogP contribution in [0.25, 0.3) is 22.5 Å². The molecular weight excluding hydrogens is 234 g/mol. The van der Waals surface area contributed by atoms with Crippen LogP contribution < -0.4 is 0 Å². The van der Waals surface area contributed by atoms with Gasteiger partial charge in [-0.25, -0.2) is 0 Å². The summed E-state index contributed by atoms with van der Waals surface area (Å²) >= 11 is 0. The summed E-state index contributed by atoms with van der Waals surface area (Å²) in [6.07, 6.45) is 0. The maximum atomic E-state index is 4.33. The molecule has 0 bridgehead atoms. The molecule has 3 heteroatoms. The first-order valence-corrected chi connectivity index (χ1v) is 6.30. The molecule has 94 valence electrons. The summed E-state index contributed by atoms with van der Waals surface area (Å²) in [4.78, 5) is 0. The fourth-order valence-electron chi connectivity index (χ4n) is 2.28. The maximum Gasteiger partial charge on any atom is 0.121 e. The average Bonchev–Trinajstić information content (AvgIpc) is 2.89. The topological polar surface area (TPSA) is 41.6 Å². The largest absolute Gasteiger partial charge is 0.197 e. The SMILES string of the molecule is Cc1ccccc1-c1n[nH]nc1-c1ccccc1C. The Morgan fingerprint density at radius 3 is 1.53 bits per heavy atom. The van der Waals surface area contributed by atoms with Crippen LogP contribution in [0.2, 0.25) is 0 Å². The van der Waals surface area contributed by atoms with Crippen LogP contribution in [0.3, 0.4) is 0 Å². The average molecular weight is 249 g/mol. The van der Waals surface area contributed by atoms with Gasteiger partial charge in [-0.05, 0) is 25.0 Å². The first-order chi connectivity index (χ1) is 9.27. The molecule has 0 unspecified atom stereocenters. The molecule has 0 saturated heterocycles. The molecule has 0 aliphatic heterocycles. The molecule has 1 heterocycles. The number of rotatable bonds is 2. The van der Waals surface area contributed by atoms with Crippen molar-refractivity contribution in [2.75, 3.05) is 0 Å². The minimum absolute atomic E-state index is 0.910. The number of nitrogens with zero attached hydrogens (tertiary/aromatic N) is 2. The van der Waals surface area contributed by atoms with E-state index in [-0.39, 0.29) is 0 Å². The van der Waals surface area contributed by atoms with Crippen LogP contribution in [-0.4, -0.2) is 15.4 Å². The Balaban J connectivity index is 2.20. The number of H-pyrrole nitrogens is 1. The van der Waals surface area contributed by atoms with Crippen LogP contribution in [0.5, 0.6) is 0 Å². The lowest BCUT2D eigenvalue weighted by molar-refractivity contribution is 0.943. The molecule has 0 aliphatic carbocycles. The Morgan fingerprint density at radius 2 is 1.11 bits per heavy atom. The van der Waals surface area contributed by atoms with E-state index in [4.69, 9.17) is 0 Å². The molecule has 3 aromatic rings. The van der Waals surface area contributed by atoms with Gasteiger partial charge in [-0.15, -0.1) is 0 Å². The van der Waals surface area contributed by atoms with E-state index < -0.39 is 0 Å². The zero-order valence-corrected chi connectivity index (χ0v) is 11.0. The third-order valence-corrected chi connectivity index (χ3v) is 3.35. The van der Waals surface area contributed by atoms with Crippen molar-refractivity contribution in [2.24, 2.45) is 0 Å². The lowest BCUT2D eigenvalue weighted by Gasteiger charge is -2.06. The van der Waals surface area contributed by atoms with Gasteiger partial charge < -0.3 is 0 Å². The van der Waals surface area contributed by atoms with Crippen LogP contribution in [0.1, 0.15) is 11.1 Å².